The molecule has 4 heteroatoms. The van der Waals surface area contributed by atoms with Gasteiger partial charge in [0, 0.05) is 11.5 Å². The molecule has 0 unspecified atom stereocenters. The fourth-order valence-electron chi connectivity index (χ4n) is 2.52. The molecule has 1 aliphatic rings. The Hall–Kier alpha value is -1.13. The fourth-order valence-corrected chi connectivity index (χ4v) is 3.25. The zero-order valence-electron chi connectivity index (χ0n) is 10.1. The molecule has 0 aromatic heterocycles. The van der Waals surface area contributed by atoms with Crippen LogP contribution in [0, 0.1) is 0 Å². The van der Waals surface area contributed by atoms with Crippen LogP contribution in [0.1, 0.15) is 30.5 Å². The standard InChI is InChI=1S/C13H17NO2S/c1-4-13(2)9-12(14-17(3,15)16)10-7-5-6-8-11(10)13/h4-8,12,14H,1,9H2,2-3H3/t12-,13+/m0/s1. The quantitative estimate of drug-likeness (QED) is 0.836. The van der Waals surface area contributed by atoms with E-state index < -0.39 is 10.0 Å². The van der Waals surface area contributed by atoms with Crippen LogP contribution in [0.3, 0.4) is 0 Å². The van der Waals surface area contributed by atoms with E-state index >= 15 is 0 Å². The number of fused-ring (bicyclic) bond motifs is 1. The van der Waals surface area contributed by atoms with Crippen molar-refractivity contribution in [1.82, 2.24) is 4.72 Å². The minimum Gasteiger partial charge on any atom is -0.213 e. The summed E-state index contributed by atoms with van der Waals surface area (Å²) >= 11 is 0. The van der Waals surface area contributed by atoms with Crippen LogP contribution in [0.4, 0.5) is 0 Å². The van der Waals surface area contributed by atoms with Gasteiger partial charge in [0.05, 0.1) is 6.26 Å². The van der Waals surface area contributed by atoms with Gasteiger partial charge < -0.3 is 0 Å². The van der Waals surface area contributed by atoms with Crippen LogP contribution in [0.5, 0.6) is 0 Å². The van der Waals surface area contributed by atoms with Crippen molar-refractivity contribution in [3.8, 4) is 0 Å². The number of nitrogens with one attached hydrogen (secondary N) is 1. The molecule has 2 atom stereocenters. The highest BCUT2D eigenvalue weighted by Crippen LogP contribution is 2.45. The number of hydrogen-bond donors (Lipinski definition) is 1. The van der Waals surface area contributed by atoms with Gasteiger partial charge in [0.15, 0.2) is 0 Å². The third-order valence-corrected chi connectivity index (χ3v) is 4.10. The van der Waals surface area contributed by atoms with Crippen molar-refractivity contribution >= 4 is 10.0 Å². The van der Waals surface area contributed by atoms with Crippen molar-refractivity contribution in [2.75, 3.05) is 6.26 Å². The molecule has 1 aromatic rings. The van der Waals surface area contributed by atoms with Crippen molar-refractivity contribution in [3.63, 3.8) is 0 Å². The Bertz CT molecular complexity index is 550. The lowest BCUT2D eigenvalue weighted by Crippen LogP contribution is -2.27. The highest BCUT2D eigenvalue weighted by molar-refractivity contribution is 7.88. The Morgan fingerprint density at radius 1 is 1.47 bits per heavy atom. The maximum absolute atomic E-state index is 11.4. The second-order valence-corrected chi connectivity index (χ2v) is 6.64. The van der Waals surface area contributed by atoms with Gasteiger partial charge in [-0.1, -0.05) is 37.3 Å². The highest BCUT2D eigenvalue weighted by Gasteiger charge is 2.38. The number of sulfonamides is 1. The van der Waals surface area contributed by atoms with Crippen LogP contribution < -0.4 is 4.72 Å². The lowest BCUT2D eigenvalue weighted by Gasteiger charge is -2.20. The van der Waals surface area contributed by atoms with E-state index in [1.807, 2.05) is 30.3 Å². The van der Waals surface area contributed by atoms with Gasteiger partial charge in [0.1, 0.15) is 0 Å². The molecular weight excluding hydrogens is 234 g/mol. The molecule has 0 spiro atoms. The summed E-state index contributed by atoms with van der Waals surface area (Å²) in [5.41, 5.74) is 2.07. The van der Waals surface area contributed by atoms with Crippen LogP contribution in [0.2, 0.25) is 0 Å². The third kappa shape index (κ3) is 2.28. The lowest BCUT2D eigenvalue weighted by molar-refractivity contribution is 0.499. The number of hydrogen-bond acceptors (Lipinski definition) is 2. The second kappa shape index (κ2) is 3.96. The highest BCUT2D eigenvalue weighted by atomic mass is 32.2. The maximum Gasteiger partial charge on any atom is 0.209 e. The molecule has 1 aliphatic carbocycles. The molecule has 0 bridgehead atoms. The molecule has 17 heavy (non-hydrogen) atoms. The summed E-state index contributed by atoms with van der Waals surface area (Å²) in [6, 6.07) is 7.78. The van der Waals surface area contributed by atoms with Gasteiger partial charge in [-0.2, -0.15) is 0 Å². The predicted molar refractivity (Wildman–Crippen MR) is 69.3 cm³/mol. The first kappa shape index (κ1) is 12.3. The number of rotatable bonds is 3. The van der Waals surface area contributed by atoms with E-state index in [-0.39, 0.29) is 11.5 Å². The molecular formula is C13H17NO2S. The second-order valence-electron chi connectivity index (χ2n) is 4.86. The Morgan fingerprint density at radius 3 is 2.71 bits per heavy atom. The largest absolute Gasteiger partial charge is 0.213 e. The first-order chi connectivity index (χ1) is 7.86. The smallest absolute Gasteiger partial charge is 0.209 e. The van der Waals surface area contributed by atoms with Gasteiger partial charge in [0.25, 0.3) is 0 Å². The molecule has 0 saturated heterocycles. The average Bonchev–Trinajstić information content (AvgIpc) is 2.52. The predicted octanol–water partition coefficient (Wildman–Crippen LogP) is 2.12. The lowest BCUT2D eigenvalue weighted by atomic mass is 9.84. The third-order valence-electron chi connectivity index (χ3n) is 3.39. The summed E-state index contributed by atoms with van der Waals surface area (Å²) < 4.78 is 25.4. The zero-order chi connectivity index (χ0) is 12.7. The molecule has 1 aromatic carbocycles. The van der Waals surface area contributed by atoms with Crippen LogP contribution >= 0.6 is 0 Å². The van der Waals surface area contributed by atoms with Crippen molar-refractivity contribution in [2.24, 2.45) is 0 Å². The normalized spacial score (nSPS) is 27.8. The topological polar surface area (TPSA) is 46.2 Å². The molecule has 3 nitrogen and oxygen atoms in total. The summed E-state index contributed by atoms with van der Waals surface area (Å²) in [5, 5.41) is 0. The summed E-state index contributed by atoms with van der Waals surface area (Å²) in [6.45, 7) is 5.95. The molecule has 2 rings (SSSR count). The molecule has 0 fully saturated rings. The zero-order valence-corrected chi connectivity index (χ0v) is 10.9. The molecule has 0 saturated carbocycles. The van der Waals surface area contributed by atoms with Crippen molar-refractivity contribution < 1.29 is 8.42 Å². The van der Waals surface area contributed by atoms with Gasteiger partial charge >= 0.3 is 0 Å². The van der Waals surface area contributed by atoms with Gasteiger partial charge in [-0.05, 0) is 17.5 Å². The van der Waals surface area contributed by atoms with E-state index in [0.717, 1.165) is 17.5 Å². The van der Waals surface area contributed by atoms with E-state index in [9.17, 15) is 8.42 Å². The van der Waals surface area contributed by atoms with Crippen LogP contribution in [-0.2, 0) is 15.4 Å². The minimum atomic E-state index is -3.19. The Kier molecular flexibility index (Phi) is 2.87. The summed E-state index contributed by atoms with van der Waals surface area (Å²) in [4.78, 5) is 0. The van der Waals surface area contributed by atoms with Crippen LogP contribution in [0.25, 0.3) is 0 Å². The Labute approximate surface area is 103 Å². The van der Waals surface area contributed by atoms with E-state index in [1.54, 1.807) is 0 Å². The molecule has 92 valence electrons. The Morgan fingerprint density at radius 2 is 2.12 bits per heavy atom. The van der Waals surface area contributed by atoms with Crippen LogP contribution in [0.15, 0.2) is 36.9 Å². The molecule has 0 amide bonds. The van der Waals surface area contributed by atoms with Gasteiger partial charge in [0.2, 0.25) is 10.0 Å². The van der Waals surface area contributed by atoms with Crippen molar-refractivity contribution in [1.29, 1.82) is 0 Å². The number of allylic oxidation sites excluding steroid dienone is 1. The SMILES string of the molecule is C=C[C@]1(C)C[C@H](NS(C)(=O)=O)c2ccccc21. The van der Waals surface area contributed by atoms with E-state index in [4.69, 9.17) is 0 Å². The first-order valence-corrected chi connectivity index (χ1v) is 7.45. The van der Waals surface area contributed by atoms with Crippen molar-refractivity contribution in [3.05, 3.63) is 48.0 Å². The fraction of sp³-hybridized carbons (Fsp3) is 0.385. The maximum atomic E-state index is 11.4. The molecule has 1 N–H and O–H groups in total. The van der Waals surface area contributed by atoms with E-state index in [2.05, 4.69) is 18.2 Å². The van der Waals surface area contributed by atoms with Crippen LogP contribution in [-0.4, -0.2) is 14.7 Å². The van der Waals surface area contributed by atoms with Gasteiger partial charge in [-0.3, -0.25) is 0 Å². The summed E-state index contributed by atoms with van der Waals surface area (Å²) in [6.07, 6.45) is 3.82. The van der Waals surface area contributed by atoms with E-state index in [0.29, 0.717) is 0 Å². The van der Waals surface area contributed by atoms with Crippen molar-refractivity contribution in [2.45, 2.75) is 24.8 Å². The summed E-state index contributed by atoms with van der Waals surface area (Å²) in [7, 11) is -3.19. The van der Waals surface area contributed by atoms with E-state index in [1.165, 1.54) is 6.26 Å². The first-order valence-electron chi connectivity index (χ1n) is 5.56. The van der Waals surface area contributed by atoms with Gasteiger partial charge in [-0.25, -0.2) is 13.1 Å². The Balaban J connectivity index is 2.46. The monoisotopic (exact) mass is 251 g/mol. The average molecular weight is 251 g/mol. The summed E-state index contributed by atoms with van der Waals surface area (Å²) in [5.74, 6) is 0. The molecule has 0 radical (unpaired) electrons. The molecule has 0 aliphatic heterocycles. The number of benzene rings is 1. The molecule has 0 heterocycles. The van der Waals surface area contributed by atoms with Gasteiger partial charge in [-0.15, -0.1) is 6.58 Å². The minimum absolute atomic E-state index is 0.149.